The molecular formula is C69H88N6+4. The highest BCUT2D eigenvalue weighted by Crippen LogP contribution is 2.49. The van der Waals surface area contributed by atoms with E-state index in [9.17, 15) is 0 Å². The van der Waals surface area contributed by atoms with Gasteiger partial charge in [-0.05, 0) is 138 Å². The van der Waals surface area contributed by atoms with Crippen molar-refractivity contribution < 1.29 is 18.3 Å². The molecule has 0 amide bonds. The predicted octanol–water partition coefficient (Wildman–Crippen LogP) is 14.0. The molecule has 0 radical (unpaired) electrons. The van der Waals surface area contributed by atoms with Crippen molar-refractivity contribution in [3.05, 3.63) is 233 Å². The van der Waals surface area contributed by atoms with Crippen LogP contribution in [0, 0.1) is 104 Å². The summed E-state index contributed by atoms with van der Waals surface area (Å²) in [5, 5.41) is 0. The normalized spacial score (nSPS) is 11.7. The molecule has 0 bridgehead atoms. The first-order chi connectivity index (χ1) is 35.7. The Balaban J connectivity index is 0.000000165. The minimum absolute atomic E-state index is 0.880. The standard InChI is InChI=1S/C26H34N2.C23H24N2.C20H30N2/c1-17-14-25(15-26-19(3)21(5)27(8)22(6)20(26)4)18(2)23(7)28(17)16-24-12-10-9-11-13-24;1-4-24-20-12-10-17(2)14-22(20)25(16-19-8-6-5-7-9-19)23-15-18(3)11-13-21(23)24;1-9-22-14(3)11-20(16(5)18(22)7)12-19-10-13(2)21(8)17(6)15(19)4/h9-14H,15-16H2,1-8H3;5-15H,4,16H2,1-3H3;10-11H,9,12H2,1-8H3/q+2;;+2. The van der Waals surface area contributed by atoms with Gasteiger partial charge in [0.15, 0.2) is 52.1 Å². The number of fused-ring (bicyclic) bond motifs is 2. The van der Waals surface area contributed by atoms with Gasteiger partial charge in [-0.2, -0.15) is 4.57 Å². The van der Waals surface area contributed by atoms with E-state index in [-0.39, 0.29) is 0 Å². The number of anilines is 4. The maximum atomic E-state index is 2.46. The first-order valence-corrected chi connectivity index (χ1v) is 27.4. The van der Waals surface area contributed by atoms with E-state index in [1.807, 2.05) is 0 Å². The van der Waals surface area contributed by atoms with Crippen molar-refractivity contribution in [2.24, 2.45) is 14.1 Å². The molecule has 0 saturated carbocycles. The van der Waals surface area contributed by atoms with Gasteiger partial charge in [0.05, 0.1) is 22.7 Å². The minimum atomic E-state index is 0.880. The van der Waals surface area contributed by atoms with Gasteiger partial charge in [0, 0.05) is 120 Å². The molecule has 75 heavy (non-hydrogen) atoms. The molecule has 6 heteroatoms. The van der Waals surface area contributed by atoms with Gasteiger partial charge in [-0.15, -0.1) is 0 Å². The van der Waals surface area contributed by atoms with Crippen LogP contribution in [-0.2, 0) is 46.6 Å². The number of hydrogen-bond donors (Lipinski definition) is 0. The van der Waals surface area contributed by atoms with E-state index in [0.717, 1.165) is 39.0 Å². The van der Waals surface area contributed by atoms with Crippen LogP contribution in [0.2, 0.25) is 0 Å². The third kappa shape index (κ3) is 11.8. The quantitative estimate of drug-likeness (QED) is 0.127. The summed E-state index contributed by atoms with van der Waals surface area (Å²) in [5.74, 6) is 0. The van der Waals surface area contributed by atoms with Crippen molar-refractivity contribution in [2.75, 3.05) is 16.3 Å². The molecule has 5 heterocycles. The largest absolute Gasteiger partial charge is 0.338 e. The molecule has 6 nitrogen and oxygen atoms in total. The summed E-state index contributed by atoms with van der Waals surface area (Å²) in [6.07, 6.45) is 2.02. The number of rotatable bonds is 10. The molecule has 0 atom stereocenters. The molecule has 4 aromatic carbocycles. The van der Waals surface area contributed by atoms with Gasteiger partial charge in [-0.3, -0.25) is 0 Å². The van der Waals surface area contributed by atoms with Crippen molar-refractivity contribution in [1.82, 2.24) is 0 Å². The molecule has 0 spiro atoms. The second-order valence-corrected chi connectivity index (χ2v) is 21.6. The summed E-state index contributed by atoms with van der Waals surface area (Å²) in [6.45, 7) is 41.7. The summed E-state index contributed by atoms with van der Waals surface area (Å²) >= 11 is 0. The van der Waals surface area contributed by atoms with Gasteiger partial charge in [0.25, 0.3) is 0 Å². The smallest absolute Gasteiger partial charge is 0.181 e. The van der Waals surface area contributed by atoms with Crippen LogP contribution in [0.3, 0.4) is 0 Å². The summed E-state index contributed by atoms with van der Waals surface area (Å²) in [5.41, 5.74) is 34.2. The number of pyridine rings is 4. The van der Waals surface area contributed by atoms with E-state index in [0.29, 0.717) is 0 Å². The van der Waals surface area contributed by atoms with Gasteiger partial charge in [-0.1, -0.05) is 72.8 Å². The third-order valence-electron chi connectivity index (χ3n) is 17.1. The minimum Gasteiger partial charge on any atom is -0.338 e. The van der Waals surface area contributed by atoms with Crippen molar-refractivity contribution in [1.29, 1.82) is 0 Å². The molecule has 390 valence electrons. The first-order valence-electron chi connectivity index (χ1n) is 27.4. The molecule has 0 N–H and O–H groups in total. The average molecular weight is 1000 g/mol. The zero-order valence-corrected chi connectivity index (χ0v) is 49.4. The Labute approximate surface area is 452 Å². The van der Waals surface area contributed by atoms with Crippen molar-refractivity contribution in [3.63, 3.8) is 0 Å². The van der Waals surface area contributed by atoms with E-state index in [2.05, 4.69) is 275 Å². The summed E-state index contributed by atoms with van der Waals surface area (Å²) in [6, 6.07) is 42.1. The fraction of sp³-hybridized carbons (Fsp3) is 0.362. The Morgan fingerprint density at radius 1 is 0.373 bits per heavy atom. The molecule has 0 aliphatic carbocycles. The Hall–Kier alpha value is -6.92. The molecule has 0 saturated heterocycles. The lowest BCUT2D eigenvalue weighted by molar-refractivity contribution is -0.705. The third-order valence-corrected chi connectivity index (χ3v) is 17.1. The molecule has 4 aromatic heterocycles. The molecule has 0 unspecified atom stereocenters. The highest BCUT2D eigenvalue weighted by Gasteiger charge is 2.29. The molecule has 1 aliphatic rings. The van der Waals surface area contributed by atoms with Gasteiger partial charge < -0.3 is 9.80 Å². The SMILES string of the molecule is CCN1c2ccc(C)cc2N(Cc2ccccc2)c2cc(C)ccc21.CC[n+]1c(C)cc(Cc2cc(C)[n+](C)c(C)c2C)c(C)c1C.Cc1c(Cc2cc(C)[n+](Cc3ccccc3)c(C)c2C)c(C)c(C)[n+](C)c1C. The Morgan fingerprint density at radius 3 is 1.29 bits per heavy atom. The number of aryl methyl sites for hydroxylation is 5. The van der Waals surface area contributed by atoms with Crippen molar-refractivity contribution >= 4 is 22.7 Å². The zero-order valence-electron chi connectivity index (χ0n) is 49.4. The Morgan fingerprint density at radius 2 is 0.800 bits per heavy atom. The Kier molecular flexibility index (Phi) is 17.7. The van der Waals surface area contributed by atoms with Crippen LogP contribution < -0.4 is 28.1 Å². The van der Waals surface area contributed by atoms with E-state index in [1.165, 1.54) is 141 Å². The monoisotopic (exact) mass is 1000 g/mol. The highest BCUT2D eigenvalue weighted by molar-refractivity contribution is 5.93. The second-order valence-electron chi connectivity index (χ2n) is 21.6. The lowest BCUT2D eigenvalue weighted by atomic mass is 9.91. The number of aromatic nitrogens is 4. The van der Waals surface area contributed by atoms with Crippen LogP contribution >= 0.6 is 0 Å². The lowest BCUT2D eigenvalue weighted by Gasteiger charge is -2.40. The number of hydrogen-bond acceptors (Lipinski definition) is 2. The lowest BCUT2D eigenvalue weighted by Crippen LogP contribution is -2.42. The fourth-order valence-electron chi connectivity index (χ4n) is 11.4. The van der Waals surface area contributed by atoms with Crippen molar-refractivity contribution in [2.45, 2.75) is 150 Å². The molecule has 9 rings (SSSR count). The van der Waals surface area contributed by atoms with Crippen molar-refractivity contribution in [3.8, 4) is 0 Å². The topological polar surface area (TPSA) is 22.0 Å². The van der Waals surface area contributed by atoms with Crippen LogP contribution in [0.25, 0.3) is 0 Å². The highest BCUT2D eigenvalue weighted by atomic mass is 15.3. The Bertz CT molecular complexity index is 3280. The summed E-state index contributed by atoms with van der Waals surface area (Å²) in [4.78, 5) is 4.89. The molecular weight excluding hydrogens is 913 g/mol. The van der Waals surface area contributed by atoms with Gasteiger partial charge in [-0.25, -0.2) is 13.7 Å². The van der Waals surface area contributed by atoms with Gasteiger partial charge >= 0.3 is 0 Å². The van der Waals surface area contributed by atoms with Crippen LogP contribution in [-0.4, -0.2) is 6.54 Å². The van der Waals surface area contributed by atoms with E-state index in [1.54, 1.807) is 0 Å². The number of benzene rings is 4. The van der Waals surface area contributed by atoms with Crippen LogP contribution in [0.4, 0.5) is 22.7 Å². The number of nitrogens with zero attached hydrogens (tertiary/aromatic N) is 6. The van der Waals surface area contributed by atoms with Crippen LogP contribution in [0.15, 0.2) is 115 Å². The van der Waals surface area contributed by atoms with E-state index < -0.39 is 0 Å². The first kappa shape index (κ1) is 55.8. The fourth-order valence-corrected chi connectivity index (χ4v) is 11.4. The van der Waals surface area contributed by atoms with E-state index in [4.69, 9.17) is 0 Å². The maximum Gasteiger partial charge on any atom is 0.181 e. The molecule has 0 fully saturated rings. The van der Waals surface area contributed by atoms with Gasteiger partial charge in [0.2, 0.25) is 0 Å². The zero-order chi connectivity index (χ0) is 54.6. The average Bonchev–Trinajstić information content (AvgIpc) is 3.40. The maximum absolute atomic E-state index is 2.46. The second kappa shape index (κ2) is 23.7. The predicted molar refractivity (Wildman–Crippen MR) is 314 cm³/mol. The van der Waals surface area contributed by atoms with Crippen LogP contribution in [0.1, 0.15) is 132 Å². The van der Waals surface area contributed by atoms with E-state index >= 15 is 0 Å². The summed E-state index contributed by atoms with van der Waals surface area (Å²) < 4.78 is 9.43. The summed E-state index contributed by atoms with van der Waals surface area (Å²) in [7, 11) is 4.32. The van der Waals surface area contributed by atoms with Gasteiger partial charge in [0.1, 0.15) is 20.6 Å². The molecule has 1 aliphatic heterocycles. The van der Waals surface area contributed by atoms with Crippen LogP contribution in [0.5, 0.6) is 0 Å². The molecule has 8 aromatic rings.